The van der Waals surface area contributed by atoms with Crippen molar-refractivity contribution in [1.29, 1.82) is 0 Å². The van der Waals surface area contributed by atoms with Crippen LogP contribution < -0.4 is 5.32 Å². The van der Waals surface area contributed by atoms with Gasteiger partial charge in [0.2, 0.25) is 0 Å². The highest BCUT2D eigenvalue weighted by atomic mass is 35.5. The molecule has 1 fully saturated rings. The van der Waals surface area contributed by atoms with E-state index in [4.69, 9.17) is 0 Å². The van der Waals surface area contributed by atoms with Gasteiger partial charge in [-0.3, -0.25) is 4.79 Å². The summed E-state index contributed by atoms with van der Waals surface area (Å²) in [6.07, 6.45) is -3.61. The summed E-state index contributed by atoms with van der Waals surface area (Å²) < 4.78 is 39.7. The number of hydrogen-bond donors (Lipinski definition) is 2. The van der Waals surface area contributed by atoms with Crippen molar-refractivity contribution in [3.8, 4) is 0 Å². The largest absolute Gasteiger partial charge is 0.416 e. The molecule has 7 heteroatoms. The number of alkyl halides is 3. The van der Waals surface area contributed by atoms with Gasteiger partial charge in [0.15, 0.2) is 5.78 Å². The van der Waals surface area contributed by atoms with Gasteiger partial charge in [-0.1, -0.05) is 18.2 Å². The molecular weight excluding hydrogens is 319 g/mol. The van der Waals surface area contributed by atoms with Crippen molar-refractivity contribution < 1.29 is 23.1 Å². The Bertz CT molecular complexity index is 560. The van der Waals surface area contributed by atoms with Crippen molar-refractivity contribution in [3.63, 3.8) is 0 Å². The Morgan fingerprint density at radius 2 is 1.82 bits per heavy atom. The van der Waals surface area contributed by atoms with Crippen molar-refractivity contribution in [2.75, 3.05) is 7.05 Å². The van der Waals surface area contributed by atoms with Crippen LogP contribution in [0.5, 0.6) is 0 Å². The lowest BCUT2D eigenvalue weighted by atomic mass is 9.68. The summed E-state index contributed by atoms with van der Waals surface area (Å²) in [6.45, 7) is 1.36. The molecule has 0 aromatic heterocycles. The average Bonchev–Trinajstić information content (AvgIpc) is 2.41. The van der Waals surface area contributed by atoms with Crippen LogP contribution in [-0.4, -0.2) is 23.5 Å². The summed E-state index contributed by atoms with van der Waals surface area (Å²) in [4.78, 5) is 12.6. The molecule has 1 aliphatic carbocycles. The molecule has 0 amide bonds. The first kappa shape index (κ1) is 18.9. The predicted octanol–water partition coefficient (Wildman–Crippen LogP) is 3.05. The standard InChI is InChI=1S/C15H18F3NO2.ClH/c1-13(21)8-5-9-14(19-2,12(13)20)10-6-3-4-7-11(10)15(16,17)18;/h3-4,6-7,19,21H,5,8-9H2,1-2H3;1H. The summed E-state index contributed by atoms with van der Waals surface area (Å²) in [5.41, 5.74) is -4.09. The van der Waals surface area contributed by atoms with Crippen LogP contribution in [0.1, 0.15) is 37.3 Å². The molecule has 1 aromatic rings. The number of rotatable bonds is 2. The van der Waals surface area contributed by atoms with E-state index in [0.29, 0.717) is 6.42 Å². The lowest BCUT2D eigenvalue weighted by Gasteiger charge is -2.43. The number of hydrogen-bond acceptors (Lipinski definition) is 3. The third-order valence-corrected chi connectivity index (χ3v) is 4.21. The Hall–Kier alpha value is -1.11. The Balaban J connectivity index is 0.00000242. The summed E-state index contributed by atoms with van der Waals surface area (Å²) in [5.74, 6) is -0.611. The number of benzene rings is 1. The van der Waals surface area contributed by atoms with Crippen molar-refractivity contribution in [2.45, 2.75) is 43.5 Å². The molecule has 0 aliphatic heterocycles. The van der Waals surface area contributed by atoms with Crippen LogP contribution in [0.15, 0.2) is 24.3 Å². The second-order valence-electron chi connectivity index (χ2n) is 5.66. The smallest absolute Gasteiger partial charge is 0.382 e. The zero-order valence-electron chi connectivity index (χ0n) is 12.3. The summed E-state index contributed by atoms with van der Waals surface area (Å²) in [7, 11) is 1.45. The number of carbonyl (C=O) groups excluding carboxylic acids is 1. The minimum atomic E-state index is -4.55. The third kappa shape index (κ3) is 3.00. The normalized spacial score (nSPS) is 29.1. The van der Waals surface area contributed by atoms with E-state index >= 15 is 0 Å². The quantitative estimate of drug-likeness (QED) is 0.872. The number of nitrogens with one attached hydrogen (secondary N) is 1. The highest BCUT2D eigenvalue weighted by Crippen LogP contribution is 2.43. The fourth-order valence-electron chi connectivity index (χ4n) is 3.12. The van der Waals surface area contributed by atoms with Gasteiger partial charge in [0, 0.05) is 0 Å². The second kappa shape index (κ2) is 6.18. The van der Waals surface area contributed by atoms with Gasteiger partial charge in [0.25, 0.3) is 0 Å². The maximum absolute atomic E-state index is 13.2. The lowest BCUT2D eigenvalue weighted by Crippen LogP contribution is -2.59. The molecule has 1 aromatic carbocycles. The maximum Gasteiger partial charge on any atom is 0.416 e. The minimum absolute atomic E-state index is 0. The van der Waals surface area contributed by atoms with Crippen LogP contribution in [0.25, 0.3) is 0 Å². The highest BCUT2D eigenvalue weighted by molar-refractivity contribution is 5.97. The van der Waals surface area contributed by atoms with Gasteiger partial charge in [-0.05, 0) is 44.9 Å². The van der Waals surface area contributed by atoms with Crippen LogP contribution in [-0.2, 0) is 16.5 Å². The van der Waals surface area contributed by atoms with Crippen LogP contribution in [0.4, 0.5) is 13.2 Å². The van der Waals surface area contributed by atoms with E-state index in [1.54, 1.807) is 0 Å². The molecule has 124 valence electrons. The summed E-state index contributed by atoms with van der Waals surface area (Å²) >= 11 is 0. The monoisotopic (exact) mass is 337 g/mol. The maximum atomic E-state index is 13.2. The van der Waals surface area contributed by atoms with E-state index in [2.05, 4.69) is 5.32 Å². The van der Waals surface area contributed by atoms with Gasteiger partial charge in [-0.15, -0.1) is 12.4 Å². The molecule has 3 nitrogen and oxygen atoms in total. The third-order valence-electron chi connectivity index (χ3n) is 4.21. The molecule has 1 saturated carbocycles. The van der Waals surface area contributed by atoms with Gasteiger partial charge < -0.3 is 10.4 Å². The topological polar surface area (TPSA) is 49.3 Å². The van der Waals surface area contributed by atoms with E-state index in [0.717, 1.165) is 6.07 Å². The Morgan fingerprint density at radius 3 is 2.36 bits per heavy atom. The zero-order chi connectivity index (χ0) is 15.9. The number of carbonyl (C=O) groups is 1. The number of ketones is 1. The van der Waals surface area contributed by atoms with Crippen molar-refractivity contribution >= 4 is 18.2 Å². The molecule has 2 N–H and O–H groups in total. The van der Waals surface area contributed by atoms with E-state index in [-0.39, 0.29) is 30.8 Å². The average molecular weight is 338 g/mol. The first-order valence-electron chi connectivity index (χ1n) is 6.78. The van der Waals surface area contributed by atoms with E-state index in [1.165, 1.54) is 32.2 Å². The Kier molecular flexibility index (Phi) is 5.32. The minimum Gasteiger partial charge on any atom is -0.382 e. The van der Waals surface area contributed by atoms with E-state index in [1.807, 2.05) is 0 Å². The van der Waals surface area contributed by atoms with Gasteiger partial charge in [0.1, 0.15) is 11.1 Å². The van der Waals surface area contributed by atoms with Gasteiger partial charge in [-0.2, -0.15) is 13.2 Å². The van der Waals surface area contributed by atoms with E-state index in [9.17, 15) is 23.1 Å². The molecule has 2 unspecified atom stereocenters. The SMILES string of the molecule is CNC1(c2ccccc2C(F)(F)F)CCCC(C)(O)C1=O.Cl. The number of halogens is 4. The highest BCUT2D eigenvalue weighted by Gasteiger charge is 2.53. The summed E-state index contributed by atoms with van der Waals surface area (Å²) in [5, 5.41) is 12.9. The first-order valence-corrected chi connectivity index (χ1v) is 6.78. The molecule has 22 heavy (non-hydrogen) atoms. The number of Topliss-reactive ketones (excluding diaryl/α,β-unsaturated/α-hetero) is 1. The Labute approximate surface area is 133 Å². The second-order valence-corrected chi connectivity index (χ2v) is 5.66. The van der Waals surface area contributed by atoms with Gasteiger partial charge >= 0.3 is 6.18 Å². The molecular formula is C15H19ClF3NO2. The fourth-order valence-corrected chi connectivity index (χ4v) is 3.12. The molecule has 1 aliphatic rings. The van der Waals surface area contributed by atoms with Crippen LogP contribution in [0, 0.1) is 0 Å². The van der Waals surface area contributed by atoms with E-state index < -0.39 is 28.7 Å². The number of aliphatic hydroxyl groups is 1. The van der Waals surface area contributed by atoms with Gasteiger partial charge in [0.05, 0.1) is 5.56 Å². The fraction of sp³-hybridized carbons (Fsp3) is 0.533. The zero-order valence-corrected chi connectivity index (χ0v) is 13.1. The van der Waals surface area contributed by atoms with Crippen molar-refractivity contribution in [2.24, 2.45) is 0 Å². The van der Waals surface area contributed by atoms with Gasteiger partial charge in [-0.25, -0.2) is 0 Å². The molecule has 0 spiro atoms. The molecule has 0 saturated heterocycles. The summed E-state index contributed by atoms with van der Waals surface area (Å²) in [6, 6.07) is 5.03. The van der Waals surface area contributed by atoms with Crippen molar-refractivity contribution in [1.82, 2.24) is 5.32 Å². The first-order chi connectivity index (χ1) is 9.65. The lowest BCUT2D eigenvalue weighted by molar-refractivity contribution is -0.150. The van der Waals surface area contributed by atoms with Crippen LogP contribution in [0.2, 0.25) is 0 Å². The van der Waals surface area contributed by atoms with Crippen LogP contribution in [0.3, 0.4) is 0 Å². The number of likely N-dealkylation sites (N-methyl/N-ethyl adjacent to an activating group) is 1. The molecule has 2 rings (SSSR count). The molecule has 0 radical (unpaired) electrons. The molecule has 0 bridgehead atoms. The molecule has 0 heterocycles. The van der Waals surface area contributed by atoms with Crippen LogP contribution >= 0.6 is 12.4 Å². The predicted molar refractivity (Wildman–Crippen MR) is 78.9 cm³/mol. The van der Waals surface area contributed by atoms with Crippen molar-refractivity contribution in [3.05, 3.63) is 35.4 Å². The Morgan fingerprint density at radius 1 is 1.23 bits per heavy atom. The molecule has 2 atom stereocenters.